The Morgan fingerprint density at radius 2 is 1.87 bits per heavy atom. The first kappa shape index (κ1) is 17.9. The quantitative estimate of drug-likeness (QED) is 0.825. The van der Waals surface area contributed by atoms with E-state index in [-0.39, 0.29) is 17.2 Å². The van der Waals surface area contributed by atoms with Gasteiger partial charge in [-0.25, -0.2) is 19.8 Å². The highest BCUT2D eigenvalue weighted by molar-refractivity contribution is 6.75. The lowest BCUT2D eigenvalue weighted by atomic mass is 9.86. The van der Waals surface area contributed by atoms with Gasteiger partial charge in [-0.15, -0.1) is 0 Å². The topological polar surface area (TPSA) is 121 Å². The number of rotatable bonds is 5. The van der Waals surface area contributed by atoms with Crippen LogP contribution in [0.3, 0.4) is 0 Å². The normalized spacial score (nSPS) is 19.4. The fourth-order valence-electron chi connectivity index (χ4n) is 3.44. The number of aromatic nitrogens is 2. The zero-order valence-electron chi connectivity index (χ0n) is 15.7. The summed E-state index contributed by atoms with van der Waals surface area (Å²) in [6, 6.07) is 10.4. The molecule has 1 aromatic carbocycles. The van der Waals surface area contributed by atoms with Gasteiger partial charge in [0.25, 0.3) is 0 Å². The average molecular weight is 397 g/mol. The minimum Gasteiger partial charge on any atom is -0.354 e. The Kier molecular flexibility index (Phi) is 4.40. The molecule has 3 heterocycles. The number of amides is 2. The maximum atomic E-state index is 12.7. The van der Waals surface area contributed by atoms with E-state index in [1.165, 1.54) is 11.9 Å². The van der Waals surface area contributed by atoms with Crippen LogP contribution in [0.25, 0.3) is 0 Å². The predicted octanol–water partition coefficient (Wildman–Crippen LogP) is 1.86. The molecule has 1 aromatic heterocycles. The zero-order chi connectivity index (χ0) is 20.5. The van der Waals surface area contributed by atoms with Crippen molar-refractivity contribution in [3.63, 3.8) is 0 Å². The number of allylic oxidation sites excluding steroid dienone is 1. The Balaban J connectivity index is 1.39. The Morgan fingerprint density at radius 1 is 1.00 bits per heavy atom. The van der Waals surface area contributed by atoms with Gasteiger partial charge in [-0.3, -0.25) is 9.79 Å². The monoisotopic (exact) mass is 397 g/mol. The molecule has 1 atom stereocenters. The van der Waals surface area contributed by atoms with Gasteiger partial charge in [0.15, 0.2) is 0 Å². The number of hydrogen-bond acceptors (Lipinski definition) is 7. The standard InChI is InChI=1S/C21H15N7O2/c29-19-17-13(10-15-18(19)28-21(30)27-15)16(24-11-25-17)14-7-9-23-20(26-14)22-8-6-12-4-2-1-3-5-12/h1-5,7,9-11,17H,6,8H2,(H,22,23,26)/t17-/m0/s1. The van der Waals surface area contributed by atoms with Crippen molar-refractivity contribution in [2.24, 2.45) is 20.0 Å². The van der Waals surface area contributed by atoms with E-state index >= 15 is 0 Å². The molecule has 0 saturated heterocycles. The SMILES string of the molecule is O=C1N=C2C=C3C(c4ccnc(NCCc5ccccc5)n4)=NC=N[C@@H]3C(=O)C2=N1. The molecule has 1 N–H and O–H groups in total. The molecule has 0 bridgehead atoms. The third-order valence-corrected chi connectivity index (χ3v) is 4.85. The Hall–Kier alpha value is -4.14. The third-order valence-electron chi connectivity index (χ3n) is 4.85. The first-order valence-electron chi connectivity index (χ1n) is 9.37. The van der Waals surface area contributed by atoms with Crippen LogP contribution >= 0.6 is 0 Å². The fraction of sp³-hybridized carbons (Fsp3) is 0.143. The third kappa shape index (κ3) is 3.26. The molecule has 0 spiro atoms. The Morgan fingerprint density at radius 3 is 2.73 bits per heavy atom. The lowest BCUT2D eigenvalue weighted by Gasteiger charge is -2.23. The lowest BCUT2D eigenvalue weighted by Crippen LogP contribution is -2.40. The van der Waals surface area contributed by atoms with Crippen molar-refractivity contribution >= 4 is 41.2 Å². The smallest absolute Gasteiger partial charge is 0.354 e. The Bertz CT molecular complexity index is 1210. The summed E-state index contributed by atoms with van der Waals surface area (Å²) >= 11 is 0. The molecule has 3 aliphatic rings. The molecular formula is C21H15N7O2. The van der Waals surface area contributed by atoms with Crippen molar-refractivity contribution in [2.45, 2.75) is 12.5 Å². The molecule has 1 aliphatic carbocycles. The highest BCUT2D eigenvalue weighted by atomic mass is 16.2. The second kappa shape index (κ2) is 7.36. The van der Waals surface area contributed by atoms with Crippen LogP contribution in [0.4, 0.5) is 10.7 Å². The van der Waals surface area contributed by atoms with Crippen LogP contribution in [0.2, 0.25) is 0 Å². The first-order chi connectivity index (χ1) is 14.7. The average Bonchev–Trinajstić information content (AvgIpc) is 3.15. The molecule has 9 nitrogen and oxygen atoms in total. The van der Waals surface area contributed by atoms with Gasteiger partial charge in [0, 0.05) is 18.3 Å². The number of hydrogen-bond donors (Lipinski definition) is 1. The summed E-state index contributed by atoms with van der Waals surface area (Å²) < 4.78 is 0. The number of Topliss-reactive ketones (excluding diaryl/α,β-unsaturated/α-hetero) is 1. The number of nitrogens with zero attached hydrogens (tertiary/aromatic N) is 6. The summed E-state index contributed by atoms with van der Waals surface area (Å²) in [6.07, 6.45) is 5.43. The molecular weight excluding hydrogens is 382 g/mol. The maximum Gasteiger partial charge on any atom is 0.368 e. The van der Waals surface area contributed by atoms with Gasteiger partial charge < -0.3 is 5.32 Å². The van der Waals surface area contributed by atoms with Gasteiger partial charge in [-0.2, -0.15) is 9.98 Å². The maximum absolute atomic E-state index is 12.7. The summed E-state index contributed by atoms with van der Waals surface area (Å²) in [5.74, 6) is 0.0968. The number of carbonyl (C=O) groups excluding carboxylic acids is 2. The van der Waals surface area contributed by atoms with E-state index in [2.05, 4.69) is 47.4 Å². The first-order valence-corrected chi connectivity index (χ1v) is 9.37. The molecule has 0 radical (unpaired) electrons. The van der Waals surface area contributed by atoms with Crippen molar-refractivity contribution in [2.75, 3.05) is 11.9 Å². The van der Waals surface area contributed by atoms with Gasteiger partial charge in [0.2, 0.25) is 11.7 Å². The predicted molar refractivity (Wildman–Crippen MR) is 113 cm³/mol. The number of nitrogens with one attached hydrogen (secondary N) is 1. The van der Waals surface area contributed by atoms with Crippen molar-refractivity contribution < 1.29 is 9.59 Å². The summed E-state index contributed by atoms with van der Waals surface area (Å²) in [4.78, 5) is 49.0. The van der Waals surface area contributed by atoms with Gasteiger partial charge >= 0.3 is 6.03 Å². The number of urea groups is 1. The highest BCUT2D eigenvalue weighted by Gasteiger charge is 2.40. The van der Waals surface area contributed by atoms with E-state index in [0.29, 0.717) is 29.5 Å². The van der Waals surface area contributed by atoms with Gasteiger partial charge in [-0.1, -0.05) is 30.3 Å². The molecule has 30 heavy (non-hydrogen) atoms. The second-order valence-electron chi connectivity index (χ2n) is 6.78. The highest BCUT2D eigenvalue weighted by Crippen LogP contribution is 2.25. The Labute approximate surface area is 171 Å². The molecule has 2 aromatic rings. The second-order valence-corrected chi connectivity index (χ2v) is 6.78. The summed E-state index contributed by atoms with van der Waals surface area (Å²) in [5, 5.41) is 3.21. The van der Waals surface area contributed by atoms with E-state index in [4.69, 9.17) is 0 Å². The van der Waals surface area contributed by atoms with Crippen LogP contribution in [0, 0.1) is 0 Å². The minimum atomic E-state index is -0.800. The molecule has 2 amide bonds. The van der Waals surface area contributed by atoms with E-state index in [9.17, 15) is 9.59 Å². The number of fused-ring (bicyclic) bond motifs is 2. The fourth-order valence-corrected chi connectivity index (χ4v) is 3.44. The van der Waals surface area contributed by atoms with Crippen LogP contribution in [-0.4, -0.2) is 57.8 Å². The minimum absolute atomic E-state index is 0.0538. The van der Waals surface area contributed by atoms with Crippen molar-refractivity contribution in [3.05, 3.63) is 65.5 Å². The number of aliphatic imine (C=N–C) groups is 4. The molecule has 0 fully saturated rings. The molecule has 0 unspecified atom stereocenters. The van der Waals surface area contributed by atoms with E-state index in [0.717, 1.165) is 6.42 Å². The van der Waals surface area contributed by atoms with E-state index < -0.39 is 12.1 Å². The summed E-state index contributed by atoms with van der Waals surface area (Å²) in [7, 11) is 0. The number of benzene rings is 1. The van der Waals surface area contributed by atoms with Gasteiger partial charge in [0.05, 0.1) is 17.1 Å². The van der Waals surface area contributed by atoms with Crippen LogP contribution in [0.5, 0.6) is 0 Å². The summed E-state index contributed by atoms with van der Waals surface area (Å²) in [5.41, 5.74) is 3.11. The number of ketones is 1. The summed E-state index contributed by atoms with van der Waals surface area (Å²) in [6.45, 7) is 0.671. The number of carbonyl (C=O) groups is 2. The van der Waals surface area contributed by atoms with Crippen LogP contribution in [0.1, 0.15) is 11.3 Å². The lowest BCUT2D eigenvalue weighted by molar-refractivity contribution is -0.113. The van der Waals surface area contributed by atoms with Gasteiger partial charge in [-0.05, 0) is 24.1 Å². The van der Waals surface area contributed by atoms with E-state index in [1.54, 1.807) is 18.3 Å². The van der Waals surface area contributed by atoms with E-state index in [1.807, 2.05) is 18.2 Å². The molecule has 146 valence electrons. The van der Waals surface area contributed by atoms with Gasteiger partial charge in [0.1, 0.15) is 18.1 Å². The van der Waals surface area contributed by atoms with Crippen LogP contribution in [-0.2, 0) is 11.2 Å². The van der Waals surface area contributed by atoms with Crippen molar-refractivity contribution in [1.29, 1.82) is 0 Å². The molecule has 5 rings (SSSR count). The molecule has 9 heteroatoms. The largest absolute Gasteiger partial charge is 0.368 e. The number of anilines is 1. The molecule has 2 aliphatic heterocycles. The zero-order valence-corrected chi connectivity index (χ0v) is 15.7. The molecule has 0 saturated carbocycles. The van der Waals surface area contributed by atoms with Crippen LogP contribution < -0.4 is 5.32 Å². The van der Waals surface area contributed by atoms with Crippen molar-refractivity contribution in [1.82, 2.24) is 9.97 Å². The van der Waals surface area contributed by atoms with Crippen molar-refractivity contribution in [3.8, 4) is 0 Å². The van der Waals surface area contributed by atoms with Crippen LogP contribution in [0.15, 0.2) is 74.2 Å².